The van der Waals surface area contributed by atoms with Crippen molar-refractivity contribution in [1.82, 2.24) is 0 Å². The lowest BCUT2D eigenvalue weighted by Gasteiger charge is -2.14. The van der Waals surface area contributed by atoms with Crippen molar-refractivity contribution < 1.29 is 0 Å². The van der Waals surface area contributed by atoms with Gasteiger partial charge < -0.3 is 0 Å². The molecule has 7 rings (SSSR count). The molecular formula is C30H18. The van der Waals surface area contributed by atoms with E-state index in [0.717, 1.165) is 0 Å². The fourth-order valence-electron chi connectivity index (χ4n) is 5.15. The highest BCUT2D eigenvalue weighted by Crippen LogP contribution is 2.41. The van der Waals surface area contributed by atoms with E-state index in [0.29, 0.717) is 0 Å². The second-order valence-corrected chi connectivity index (χ2v) is 8.20. The Morgan fingerprint density at radius 2 is 0.733 bits per heavy atom. The third-order valence-electron chi connectivity index (χ3n) is 6.55. The van der Waals surface area contributed by atoms with Crippen LogP contribution in [-0.4, -0.2) is 0 Å². The first-order chi connectivity index (χ1) is 14.9. The Kier molecular flexibility index (Phi) is 3.09. The van der Waals surface area contributed by atoms with Gasteiger partial charge in [-0.25, -0.2) is 0 Å². The average molecular weight is 378 g/mol. The van der Waals surface area contributed by atoms with E-state index < -0.39 is 0 Å². The van der Waals surface area contributed by atoms with Crippen LogP contribution < -0.4 is 0 Å². The normalized spacial score (nSPS) is 12.0. The topological polar surface area (TPSA) is 0 Å². The monoisotopic (exact) mass is 378 g/mol. The largest absolute Gasteiger partial charge is 0.0616 e. The summed E-state index contributed by atoms with van der Waals surface area (Å²) in [4.78, 5) is 0. The van der Waals surface area contributed by atoms with Gasteiger partial charge in [0.2, 0.25) is 0 Å². The van der Waals surface area contributed by atoms with E-state index in [2.05, 4.69) is 109 Å². The summed E-state index contributed by atoms with van der Waals surface area (Å²) < 4.78 is 0. The predicted octanol–water partition coefficient (Wildman–Crippen LogP) is 8.61. The Hall–Kier alpha value is -3.90. The van der Waals surface area contributed by atoms with Gasteiger partial charge in [-0.15, -0.1) is 0 Å². The van der Waals surface area contributed by atoms with Crippen LogP contribution in [0, 0.1) is 0 Å². The minimum atomic E-state index is 1.29. The molecule has 0 aromatic heterocycles. The lowest BCUT2D eigenvalue weighted by molar-refractivity contribution is 1.78. The number of rotatable bonds is 0. The first-order valence-corrected chi connectivity index (χ1v) is 10.5. The van der Waals surface area contributed by atoms with Crippen LogP contribution in [0.2, 0.25) is 0 Å². The van der Waals surface area contributed by atoms with Gasteiger partial charge in [0.1, 0.15) is 0 Å². The van der Waals surface area contributed by atoms with Crippen molar-refractivity contribution in [2.45, 2.75) is 0 Å². The molecule has 138 valence electrons. The van der Waals surface area contributed by atoms with E-state index in [9.17, 15) is 0 Å². The molecule has 0 aliphatic rings. The van der Waals surface area contributed by atoms with E-state index in [-0.39, 0.29) is 0 Å². The average Bonchev–Trinajstić information content (AvgIpc) is 2.81. The van der Waals surface area contributed by atoms with E-state index >= 15 is 0 Å². The molecule has 7 aromatic rings. The van der Waals surface area contributed by atoms with Crippen LogP contribution in [0.25, 0.3) is 64.6 Å². The van der Waals surface area contributed by atoms with Gasteiger partial charge in [-0.2, -0.15) is 0 Å². The summed E-state index contributed by atoms with van der Waals surface area (Å²) in [6.45, 7) is 0. The highest BCUT2D eigenvalue weighted by atomic mass is 14.2. The fourth-order valence-corrected chi connectivity index (χ4v) is 5.15. The van der Waals surface area contributed by atoms with Crippen LogP contribution >= 0.6 is 0 Å². The van der Waals surface area contributed by atoms with Crippen molar-refractivity contribution in [2.75, 3.05) is 0 Å². The fraction of sp³-hybridized carbons (Fsp3) is 0. The van der Waals surface area contributed by atoms with Crippen molar-refractivity contribution in [3.8, 4) is 0 Å². The molecule has 0 fully saturated rings. The molecule has 0 aliphatic carbocycles. The summed E-state index contributed by atoms with van der Waals surface area (Å²) in [6, 6.07) is 40.2. The van der Waals surface area contributed by atoms with Gasteiger partial charge in [0.15, 0.2) is 0 Å². The summed E-state index contributed by atoms with van der Waals surface area (Å²) in [6.07, 6.45) is 0. The molecule has 7 aromatic carbocycles. The van der Waals surface area contributed by atoms with Crippen LogP contribution in [0.15, 0.2) is 109 Å². The number of hydrogen-bond donors (Lipinski definition) is 0. The summed E-state index contributed by atoms with van der Waals surface area (Å²) in [5.41, 5.74) is 0. The Bertz CT molecular complexity index is 1770. The number of hydrogen-bond acceptors (Lipinski definition) is 0. The third kappa shape index (κ3) is 2.11. The minimum Gasteiger partial charge on any atom is -0.0616 e. The van der Waals surface area contributed by atoms with Crippen LogP contribution in [0.3, 0.4) is 0 Å². The van der Waals surface area contributed by atoms with Gasteiger partial charge >= 0.3 is 0 Å². The summed E-state index contributed by atoms with van der Waals surface area (Å²) >= 11 is 0. The summed E-state index contributed by atoms with van der Waals surface area (Å²) in [5.74, 6) is 0. The summed E-state index contributed by atoms with van der Waals surface area (Å²) in [5, 5.41) is 15.8. The van der Waals surface area contributed by atoms with Gasteiger partial charge in [-0.3, -0.25) is 0 Å². The molecule has 0 bridgehead atoms. The SMILES string of the molecule is c1ccc2cc3c(ccc4c5cc6ccccc6cc5c5ccccc5c34)cc2c1. The molecule has 0 N–H and O–H groups in total. The van der Waals surface area contributed by atoms with Crippen molar-refractivity contribution in [3.63, 3.8) is 0 Å². The predicted molar refractivity (Wildman–Crippen MR) is 131 cm³/mol. The standard InChI is InChI=1S/C30H18/c1-2-8-20-16-27-23(15-19(20)7-1)13-14-26-29-18-22-10-4-3-9-21(22)17-28(29)24-11-5-6-12-25(24)30(26)27/h1-18H. The molecule has 30 heavy (non-hydrogen) atoms. The zero-order valence-electron chi connectivity index (χ0n) is 16.4. The zero-order valence-corrected chi connectivity index (χ0v) is 16.4. The Labute approximate surface area is 174 Å². The van der Waals surface area contributed by atoms with Gasteiger partial charge in [-0.1, -0.05) is 84.9 Å². The molecule has 0 spiro atoms. The minimum absolute atomic E-state index is 1.29. The molecule has 0 heterocycles. The van der Waals surface area contributed by atoms with Crippen molar-refractivity contribution >= 4 is 64.6 Å². The van der Waals surface area contributed by atoms with Crippen molar-refractivity contribution in [2.24, 2.45) is 0 Å². The maximum Gasteiger partial charge on any atom is -0.00201 e. The first kappa shape index (κ1) is 16.0. The van der Waals surface area contributed by atoms with E-state index in [1.54, 1.807) is 0 Å². The number of benzene rings is 7. The Balaban J connectivity index is 1.80. The molecule has 0 unspecified atom stereocenters. The van der Waals surface area contributed by atoms with E-state index in [1.165, 1.54) is 64.6 Å². The molecule has 0 aliphatic heterocycles. The van der Waals surface area contributed by atoms with Gasteiger partial charge in [0, 0.05) is 0 Å². The van der Waals surface area contributed by atoms with E-state index in [4.69, 9.17) is 0 Å². The molecule has 0 nitrogen and oxygen atoms in total. The van der Waals surface area contributed by atoms with Gasteiger partial charge in [0.05, 0.1) is 0 Å². The zero-order chi connectivity index (χ0) is 19.7. The molecule has 0 amide bonds. The maximum atomic E-state index is 2.37. The second kappa shape index (κ2) is 5.81. The molecular weight excluding hydrogens is 360 g/mol. The van der Waals surface area contributed by atoms with Crippen molar-refractivity contribution in [1.29, 1.82) is 0 Å². The highest BCUT2D eigenvalue weighted by molar-refractivity contribution is 6.33. The molecule has 0 heteroatoms. The van der Waals surface area contributed by atoms with Gasteiger partial charge in [0.25, 0.3) is 0 Å². The van der Waals surface area contributed by atoms with E-state index in [1.807, 2.05) is 0 Å². The lowest BCUT2D eigenvalue weighted by Crippen LogP contribution is -1.86. The van der Waals surface area contributed by atoms with Crippen LogP contribution in [0.5, 0.6) is 0 Å². The number of fused-ring (bicyclic) bond motifs is 10. The quantitative estimate of drug-likeness (QED) is 0.183. The second-order valence-electron chi connectivity index (χ2n) is 8.20. The third-order valence-corrected chi connectivity index (χ3v) is 6.55. The van der Waals surface area contributed by atoms with Crippen LogP contribution in [0.4, 0.5) is 0 Å². The Morgan fingerprint density at radius 3 is 1.40 bits per heavy atom. The molecule has 0 radical (unpaired) electrons. The molecule has 0 saturated carbocycles. The van der Waals surface area contributed by atoms with Gasteiger partial charge in [-0.05, 0) is 88.9 Å². The highest BCUT2D eigenvalue weighted by Gasteiger charge is 2.12. The Morgan fingerprint density at radius 1 is 0.267 bits per heavy atom. The smallest absolute Gasteiger partial charge is 0.00201 e. The lowest BCUT2D eigenvalue weighted by atomic mass is 9.89. The first-order valence-electron chi connectivity index (χ1n) is 10.5. The maximum absolute atomic E-state index is 2.37. The van der Waals surface area contributed by atoms with Crippen molar-refractivity contribution in [3.05, 3.63) is 109 Å². The molecule has 0 atom stereocenters. The molecule has 0 saturated heterocycles. The van der Waals surface area contributed by atoms with Crippen LogP contribution in [-0.2, 0) is 0 Å². The van der Waals surface area contributed by atoms with Crippen LogP contribution in [0.1, 0.15) is 0 Å². The summed E-state index contributed by atoms with van der Waals surface area (Å²) in [7, 11) is 0.